The van der Waals surface area contributed by atoms with Crippen molar-refractivity contribution in [2.45, 2.75) is 39.8 Å². The molecule has 0 amide bonds. The predicted octanol–water partition coefficient (Wildman–Crippen LogP) is 3.87. The molecule has 2 N–H and O–H groups in total. The molecule has 5 nitrogen and oxygen atoms in total. The van der Waals surface area contributed by atoms with Crippen LogP contribution in [0, 0.1) is 5.82 Å². The van der Waals surface area contributed by atoms with E-state index in [1.165, 1.54) is 12.1 Å². The lowest BCUT2D eigenvalue weighted by Gasteiger charge is -2.23. The van der Waals surface area contributed by atoms with Gasteiger partial charge in [-0.1, -0.05) is 12.1 Å². The maximum atomic E-state index is 13.3. The molecule has 0 aliphatic carbocycles. The highest BCUT2D eigenvalue weighted by molar-refractivity contribution is 5.80. The quantitative estimate of drug-likeness (QED) is 0.639. The number of rotatable bonds is 5. The lowest BCUT2D eigenvalue weighted by molar-refractivity contribution is 0.451. The molecule has 2 rings (SSSR count). The Bertz CT molecular complexity index is 725. The third-order valence-electron chi connectivity index (χ3n) is 3.11. The number of nitrogens with zero attached hydrogens (tertiary/aromatic N) is 2. The fourth-order valence-corrected chi connectivity index (χ4v) is 2.10. The van der Waals surface area contributed by atoms with Gasteiger partial charge in [0, 0.05) is 29.9 Å². The standard InChI is InChI=1S/C19H25FN4O/c1-5-21-18(24-19(2,3)4)23-13-14-8-7-11-22-17(14)25-16-10-6-9-15(20)12-16/h6-12H,5,13H2,1-4H3,(H2,21,23,24). The molecule has 1 aromatic heterocycles. The van der Waals surface area contributed by atoms with Crippen LogP contribution in [0.3, 0.4) is 0 Å². The molecule has 0 bridgehead atoms. The van der Waals surface area contributed by atoms with E-state index in [0.29, 0.717) is 18.2 Å². The van der Waals surface area contributed by atoms with Crippen molar-refractivity contribution in [3.8, 4) is 11.6 Å². The normalized spacial score (nSPS) is 12.0. The number of hydrogen-bond donors (Lipinski definition) is 2. The number of ether oxygens (including phenoxy) is 1. The summed E-state index contributed by atoms with van der Waals surface area (Å²) in [5, 5.41) is 6.55. The van der Waals surface area contributed by atoms with Crippen LogP contribution >= 0.6 is 0 Å². The monoisotopic (exact) mass is 344 g/mol. The lowest BCUT2D eigenvalue weighted by Crippen LogP contribution is -2.47. The number of guanidine groups is 1. The van der Waals surface area contributed by atoms with Crippen LogP contribution in [-0.2, 0) is 6.54 Å². The van der Waals surface area contributed by atoms with E-state index in [0.717, 1.165) is 18.1 Å². The summed E-state index contributed by atoms with van der Waals surface area (Å²) in [6.07, 6.45) is 1.64. The molecule has 0 saturated heterocycles. The summed E-state index contributed by atoms with van der Waals surface area (Å²) in [5.74, 6) is 1.19. The minimum Gasteiger partial charge on any atom is -0.439 e. The maximum absolute atomic E-state index is 13.3. The zero-order valence-electron chi connectivity index (χ0n) is 15.1. The van der Waals surface area contributed by atoms with Gasteiger partial charge in [-0.05, 0) is 45.9 Å². The Hall–Kier alpha value is -2.63. The molecular weight excluding hydrogens is 319 g/mol. The van der Waals surface area contributed by atoms with Crippen LogP contribution in [-0.4, -0.2) is 23.0 Å². The van der Waals surface area contributed by atoms with E-state index in [-0.39, 0.29) is 11.4 Å². The molecule has 0 fully saturated rings. The molecule has 0 aliphatic heterocycles. The number of aliphatic imine (C=N–C) groups is 1. The van der Waals surface area contributed by atoms with Gasteiger partial charge in [0.2, 0.25) is 5.88 Å². The fraction of sp³-hybridized carbons (Fsp3) is 0.368. The van der Waals surface area contributed by atoms with Gasteiger partial charge in [-0.25, -0.2) is 14.4 Å². The average Bonchev–Trinajstić information content (AvgIpc) is 2.53. The Morgan fingerprint density at radius 3 is 2.72 bits per heavy atom. The first-order valence-electron chi connectivity index (χ1n) is 8.31. The van der Waals surface area contributed by atoms with E-state index in [1.54, 1.807) is 18.3 Å². The van der Waals surface area contributed by atoms with Crippen molar-refractivity contribution in [3.63, 3.8) is 0 Å². The predicted molar refractivity (Wildman–Crippen MR) is 98.4 cm³/mol. The van der Waals surface area contributed by atoms with Gasteiger partial charge in [-0.3, -0.25) is 0 Å². The minimum atomic E-state index is -0.350. The number of nitrogens with one attached hydrogen (secondary N) is 2. The molecular formula is C19H25FN4O. The van der Waals surface area contributed by atoms with Gasteiger partial charge in [-0.2, -0.15) is 0 Å². The summed E-state index contributed by atoms with van der Waals surface area (Å²) in [5.41, 5.74) is 0.717. The highest BCUT2D eigenvalue weighted by Crippen LogP contribution is 2.23. The van der Waals surface area contributed by atoms with Crippen LogP contribution in [0.4, 0.5) is 4.39 Å². The fourth-order valence-electron chi connectivity index (χ4n) is 2.10. The van der Waals surface area contributed by atoms with E-state index < -0.39 is 0 Å². The molecule has 25 heavy (non-hydrogen) atoms. The first kappa shape index (κ1) is 18.7. The van der Waals surface area contributed by atoms with Crippen LogP contribution in [0.15, 0.2) is 47.6 Å². The zero-order valence-corrected chi connectivity index (χ0v) is 15.1. The summed E-state index contributed by atoms with van der Waals surface area (Å²) < 4.78 is 19.1. The number of aromatic nitrogens is 1. The van der Waals surface area contributed by atoms with E-state index >= 15 is 0 Å². The number of pyridine rings is 1. The van der Waals surface area contributed by atoms with Gasteiger partial charge in [-0.15, -0.1) is 0 Å². The molecule has 134 valence electrons. The van der Waals surface area contributed by atoms with Gasteiger partial charge in [0.15, 0.2) is 5.96 Å². The van der Waals surface area contributed by atoms with Crippen molar-refractivity contribution in [2.24, 2.45) is 4.99 Å². The van der Waals surface area contributed by atoms with E-state index in [9.17, 15) is 4.39 Å². The Morgan fingerprint density at radius 2 is 2.04 bits per heavy atom. The van der Waals surface area contributed by atoms with Crippen molar-refractivity contribution in [1.29, 1.82) is 0 Å². The Morgan fingerprint density at radius 1 is 1.24 bits per heavy atom. The van der Waals surface area contributed by atoms with Gasteiger partial charge >= 0.3 is 0 Å². The molecule has 0 aliphatic rings. The molecule has 6 heteroatoms. The number of hydrogen-bond acceptors (Lipinski definition) is 3. The van der Waals surface area contributed by atoms with Crippen LogP contribution in [0.2, 0.25) is 0 Å². The molecule has 1 aromatic carbocycles. The van der Waals surface area contributed by atoms with Crippen molar-refractivity contribution < 1.29 is 9.13 Å². The van der Waals surface area contributed by atoms with E-state index in [2.05, 4.69) is 41.4 Å². The molecule has 0 spiro atoms. The number of halogens is 1. The van der Waals surface area contributed by atoms with Crippen molar-refractivity contribution >= 4 is 5.96 Å². The van der Waals surface area contributed by atoms with Crippen LogP contribution in [0.1, 0.15) is 33.3 Å². The molecule has 2 aromatic rings. The van der Waals surface area contributed by atoms with E-state index in [1.807, 2.05) is 19.1 Å². The second kappa shape index (κ2) is 8.46. The third-order valence-corrected chi connectivity index (χ3v) is 3.11. The Labute approximate surface area is 148 Å². The SMILES string of the molecule is CCNC(=NCc1cccnc1Oc1cccc(F)c1)NC(C)(C)C. The van der Waals surface area contributed by atoms with Crippen LogP contribution in [0.25, 0.3) is 0 Å². The minimum absolute atomic E-state index is 0.100. The van der Waals surface area contributed by atoms with Crippen LogP contribution in [0.5, 0.6) is 11.6 Å². The summed E-state index contributed by atoms with van der Waals surface area (Å²) in [6, 6.07) is 9.71. The maximum Gasteiger partial charge on any atom is 0.224 e. The average molecular weight is 344 g/mol. The summed E-state index contributed by atoms with van der Waals surface area (Å²) in [6.45, 7) is 9.39. The Kier molecular flexibility index (Phi) is 6.33. The van der Waals surface area contributed by atoms with Gasteiger partial charge in [0.1, 0.15) is 11.6 Å². The summed E-state index contributed by atoms with van der Waals surface area (Å²) in [4.78, 5) is 8.84. The summed E-state index contributed by atoms with van der Waals surface area (Å²) >= 11 is 0. The van der Waals surface area contributed by atoms with Gasteiger partial charge in [0.05, 0.1) is 6.54 Å². The molecule has 0 atom stereocenters. The first-order chi connectivity index (χ1) is 11.9. The third kappa shape index (κ3) is 6.41. The van der Waals surface area contributed by atoms with Crippen molar-refractivity contribution in [1.82, 2.24) is 15.6 Å². The van der Waals surface area contributed by atoms with Gasteiger partial charge < -0.3 is 15.4 Å². The van der Waals surface area contributed by atoms with E-state index in [4.69, 9.17) is 4.74 Å². The van der Waals surface area contributed by atoms with Gasteiger partial charge in [0.25, 0.3) is 0 Å². The molecule has 0 saturated carbocycles. The van der Waals surface area contributed by atoms with Crippen molar-refractivity contribution in [3.05, 3.63) is 54.0 Å². The zero-order chi connectivity index (χ0) is 18.3. The Balaban J connectivity index is 2.17. The van der Waals surface area contributed by atoms with Crippen LogP contribution < -0.4 is 15.4 Å². The molecule has 0 unspecified atom stereocenters. The summed E-state index contributed by atoms with van der Waals surface area (Å²) in [7, 11) is 0. The first-order valence-corrected chi connectivity index (χ1v) is 8.31. The smallest absolute Gasteiger partial charge is 0.224 e. The largest absolute Gasteiger partial charge is 0.439 e. The lowest BCUT2D eigenvalue weighted by atomic mass is 10.1. The van der Waals surface area contributed by atoms with Crippen molar-refractivity contribution in [2.75, 3.05) is 6.54 Å². The molecule has 1 heterocycles. The second-order valence-electron chi connectivity index (χ2n) is 6.60. The highest BCUT2D eigenvalue weighted by Gasteiger charge is 2.12. The topological polar surface area (TPSA) is 58.5 Å². The molecule has 0 radical (unpaired) electrons. The second-order valence-corrected chi connectivity index (χ2v) is 6.60. The number of benzene rings is 1. The highest BCUT2D eigenvalue weighted by atomic mass is 19.1.